The lowest BCUT2D eigenvalue weighted by Gasteiger charge is -2.12. The van der Waals surface area contributed by atoms with Crippen LogP contribution < -0.4 is 0 Å². The number of aromatic nitrogens is 4. The maximum atomic E-state index is 7.08. The van der Waals surface area contributed by atoms with Crippen LogP contribution in [0.15, 0.2) is 251 Å². The van der Waals surface area contributed by atoms with Crippen molar-refractivity contribution in [2.24, 2.45) is 0 Å². The predicted molar refractivity (Wildman–Crippen MR) is 305 cm³/mol. The second-order valence-corrected chi connectivity index (χ2v) is 19.3. The molecule has 0 bridgehead atoms. The summed E-state index contributed by atoms with van der Waals surface area (Å²) in [7, 11) is 0. The molecule has 16 aromatic rings. The zero-order valence-corrected chi connectivity index (χ0v) is 39.7. The molecule has 0 spiro atoms. The van der Waals surface area contributed by atoms with Crippen LogP contribution in [0.3, 0.4) is 0 Å². The number of fused-ring (bicyclic) bond motifs is 13. The monoisotopic (exact) mass is 944 g/mol. The minimum Gasteiger partial charge on any atom is -0.454 e. The highest BCUT2D eigenvalue weighted by Crippen LogP contribution is 2.45. The molecule has 0 saturated carbocycles. The van der Waals surface area contributed by atoms with Crippen LogP contribution in [-0.4, -0.2) is 19.1 Å². The summed E-state index contributed by atoms with van der Waals surface area (Å²) in [5.41, 5.74) is 17.4. The van der Waals surface area contributed by atoms with Crippen LogP contribution in [0.1, 0.15) is 0 Å². The van der Waals surface area contributed by atoms with Gasteiger partial charge < -0.3 is 18.0 Å². The lowest BCUT2D eigenvalue weighted by Crippen LogP contribution is -1.98. The van der Waals surface area contributed by atoms with Crippen LogP contribution in [-0.2, 0) is 0 Å². The third-order valence-electron chi connectivity index (χ3n) is 15.1. The van der Waals surface area contributed by atoms with E-state index in [0.29, 0.717) is 11.4 Å². The van der Waals surface area contributed by atoms with E-state index in [-0.39, 0.29) is 0 Å². The van der Waals surface area contributed by atoms with E-state index in [0.717, 1.165) is 105 Å². The van der Waals surface area contributed by atoms with Gasteiger partial charge in [-0.1, -0.05) is 158 Å². The lowest BCUT2D eigenvalue weighted by atomic mass is 10.00. The van der Waals surface area contributed by atoms with E-state index in [4.69, 9.17) is 18.8 Å². The summed E-state index contributed by atoms with van der Waals surface area (Å²) in [4.78, 5) is 10.9. The molecule has 5 aromatic heterocycles. The van der Waals surface area contributed by atoms with E-state index < -0.39 is 0 Å². The molecule has 0 unspecified atom stereocenters. The molecule has 6 nitrogen and oxygen atoms in total. The quantitative estimate of drug-likeness (QED) is 0.167. The second kappa shape index (κ2) is 15.7. The zero-order chi connectivity index (χ0) is 48.4. The highest BCUT2D eigenvalue weighted by molar-refractivity contribution is 6.19. The van der Waals surface area contributed by atoms with Crippen LogP contribution in [0, 0.1) is 0 Å². The number of hydrogen-bond donors (Lipinski definition) is 0. The Bertz CT molecular complexity index is 4950. The molecule has 6 heteroatoms. The molecule has 11 aromatic carbocycles. The normalized spacial score (nSPS) is 12.1. The van der Waals surface area contributed by atoms with E-state index in [9.17, 15) is 0 Å². The minimum atomic E-state index is 0.592. The molecule has 0 saturated heterocycles. The number of nitrogens with zero attached hydrogens (tertiary/aromatic N) is 4. The van der Waals surface area contributed by atoms with Gasteiger partial charge >= 0.3 is 0 Å². The van der Waals surface area contributed by atoms with Gasteiger partial charge in [-0.15, -0.1) is 0 Å². The van der Waals surface area contributed by atoms with Gasteiger partial charge in [-0.3, -0.25) is 0 Å². The Balaban J connectivity index is 0.929. The Hall–Kier alpha value is -10.0. The van der Waals surface area contributed by atoms with Crippen molar-refractivity contribution >= 4 is 98.4 Å². The van der Waals surface area contributed by atoms with Crippen molar-refractivity contribution in [2.45, 2.75) is 0 Å². The van der Waals surface area contributed by atoms with Gasteiger partial charge in [0, 0.05) is 54.5 Å². The van der Waals surface area contributed by atoms with Crippen molar-refractivity contribution in [3.63, 3.8) is 0 Å². The van der Waals surface area contributed by atoms with E-state index in [1.165, 1.54) is 38.0 Å². The number of rotatable bonds is 6. The number of furan rings is 2. The van der Waals surface area contributed by atoms with Crippen LogP contribution in [0.5, 0.6) is 0 Å². The third kappa shape index (κ3) is 6.06. The lowest BCUT2D eigenvalue weighted by molar-refractivity contribution is 0.666. The fraction of sp³-hybridized carbons (Fsp3) is 0. The first-order valence-corrected chi connectivity index (χ1v) is 25.0. The molecule has 344 valence electrons. The molecule has 0 fully saturated rings. The first-order chi connectivity index (χ1) is 36.7. The summed E-state index contributed by atoms with van der Waals surface area (Å²) in [6.45, 7) is 0. The molecule has 16 rings (SSSR count). The van der Waals surface area contributed by atoms with Crippen molar-refractivity contribution in [3.8, 4) is 56.3 Å². The molecular weight excluding hydrogens is 905 g/mol. The highest BCUT2D eigenvalue weighted by Gasteiger charge is 2.25. The summed E-state index contributed by atoms with van der Waals surface area (Å²) < 4.78 is 18.5. The Kier molecular flexibility index (Phi) is 8.64. The van der Waals surface area contributed by atoms with Crippen molar-refractivity contribution in [1.29, 1.82) is 0 Å². The summed E-state index contributed by atoms with van der Waals surface area (Å²) in [6.07, 6.45) is 0. The SMILES string of the molecule is c1ccc(-c2ccc3oc4c(-c5ccccc5)nc(-c5ccc(-n6c7ccc(-c8ccc9c(c8)c8ccccc8n9-c8ccccc8)cc7c7cc8ccccc8cc76)c6oc7ccccc7c56)nc4c3c2)cc1. The van der Waals surface area contributed by atoms with Crippen LogP contribution in [0.4, 0.5) is 0 Å². The van der Waals surface area contributed by atoms with Gasteiger partial charge in [-0.25, -0.2) is 9.97 Å². The maximum absolute atomic E-state index is 7.08. The van der Waals surface area contributed by atoms with Gasteiger partial charge in [0.2, 0.25) is 0 Å². The van der Waals surface area contributed by atoms with Crippen LogP contribution >= 0.6 is 0 Å². The first kappa shape index (κ1) is 40.7. The number of para-hydroxylation sites is 3. The Morgan fingerprint density at radius 2 is 0.878 bits per heavy atom. The van der Waals surface area contributed by atoms with Gasteiger partial charge in [0.25, 0.3) is 0 Å². The van der Waals surface area contributed by atoms with Gasteiger partial charge in [0.15, 0.2) is 17.0 Å². The van der Waals surface area contributed by atoms with Crippen molar-refractivity contribution in [2.75, 3.05) is 0 Å². The van der Waals surface area contributed by atoms with Crippen LogP contribution in [0.2, 0.25) is 0 Å². The third-order valence-corrected chi connectivity index (χ3v) is 15.1. The largest absolute Gasteiger partial charge is 0.454 e. The van der Waals surface area contributed by atoms with Crippen molar-refractivity contribution in [1.82, 2.24) is 19.1 Å². The molecule has 0 aliphatic carbocycles. The second-order valence-electron chi connectivity index (χ2n) is 19.3. The number of benzene rings is 11. The molecule has 0 radical (unpaired) electrons. The predicted octanol–water partition coefficient (Wildman–Crippen LogP) is 18.3. The van der Waals surface area contributed by atoms with Gasteiger partial charge in [0.1, 0.15) is 22.4 Å². The van der Waals surface area contributed by atoms with E-state index in [2.05, 4.69) is 215 Å². The van der Waals surface area contributed by atoms with E-state index in [1.54, 1.807) is 0 Å². The molecule has 0 aliphatic heterocycles. The topological polar surface area (TPSA) is 61.9 Å². The van der Waals surface area contributed by atoms with E-state index in [1.807, 2.05) is 36.4 Å². The Morgan fingerprint density at radius 3 is 1.66 bits per heavy atom. The minimum absolute atomic E-state index is 0.592. The molecule has 0 aliphatic rings. The van der Waals surface area contributed by atoms with Crippen molar-refractivity contribution < 1.29 is 8.83 Å². The molecule has 74 heavy (non-hydrogen) atoms. The summed E-state index contributed by atoms with van der Waals surface area (Å²) in [5, 5.41) is 10.0. The average Bonchev–Trinajstić information content (AvgIpc) is 4.23. The Labute approximate surface area is 423 Å². The molecular formula is C68H40N4O2. The Morgan fingerprint density at radius 1 is 0.324 bits per heavy atom. The molecule has 0 atom stereocenters. The zero-order valence-electron chi connectivity index (χ0n) is 39.7. The molecule has 0 amide bonds. The van der Waals surface area contributed by atoms with Crippen molar-refractivity contribution in [3.05, 3.63) is 243 Å². The highest BCUT2D eigenvalue weighted by atomic mass is 16.3. The standard InChI is InChI=1S/C68H40N4O2/c1-4-16-41(17-5-1)45-30-35-62-55(39-45)65-67(74-62)64(42-18-6-2-7-19-42)69-68(70-65)51-31-34-59(66-63(51)50-25-13-15-27-61(50)73-66)72-58-33-29-47(38-53(58)54-36-43-20-10-11-21-44(43)40-60(54)72)46-28-32-57-52(37-46)49-24-12-14-26-56(49)71(57)48-22-8-3-9-23-48/h1-40H. The van der Waals surface area contributed by atoms with Crippen LogP contribution in [0.25, 0.3) is 155 Å². The fourth-order valence-electron chi connectivity index (χ4n) is 11.7. The summed E-state index contributed by atoms with van der Waals surface area (Å²) in [6, 6.07) is 86.2. The molecule has 5 heterocycles. The summed E-state index contributed by atoms with van der Waals surface area (Å²) in [5.74, 6) is 0.592. The number of hydrogen-bond acceptors (Lipinski definition) is 4. The smallest absolute Gasteiger partial charge is 0.180 e. The molecule has 0 N–H and O–H groups in total. The summed E-state index contributed by atoms with van der Waals surface area (Å²) >= 11 is 0. The van der Waals surface area contributed by atoms with Gasteiger partial charge in [-0.2, -0.15) is 0 Å². The van der Waals surface area contributed by atoms with E-state index >= 15 is 0 Å². The fourth-order valence-corrected chi connectivity index (χ4v) is 11.7. The maximum Gasteiger partial charge on any atom is 0.180 e. The average molecular weight is 945 g/mol. The van der Waals surface area contributed by atoms with Gasteiger partial charge in [-0.05, 0) is 118 Å². The first-order valence-electron chi connectivity index (χ1n) is 25.0. The van der Waals surface area contributed by atoms with Gasteiger partial charge in [0.05, 0.1) is 27.8 Å².